The molecule has 122 valence electrons. The predicted molar refractivity (Wildman–Crippen MR) is 93.9 cm³/mol. The number of methoxy groups -OCH3 is 1. The molecule has 0 saturated carbocycles. The first-order chi connectivity index (χ1) is 11.8. The smallest absolute Gasteiger partial charge is 0.224 e. The van der Waals surface area contributed by atoms with Gasteiger partial charge in [-0.25, -0.2) is 4.98 Å². The van der Waals surface area contributed by atoms with Gasteiger partial charge in [0.1, 0.15) is 10.8 Å². The summed E-state index contributed by atoms with van der Waals surface area (Å²) in [5.41, 5.74) is 1.85. The Labute approximate surface area is 144 Å². The molecule has 0 fully saturated rings. The van der Waals surface area contributed by atoms with Crippen LogP contribution in [0.15, 0.2) is 55.0 Å². The summed E-state index contributed by atoms with van der Waals surface area (Å²) in [6.45, 7) is 0.464. The van der Waals surface area contributed by atoms with Gasteiger partial charge < -0.3 is 10.1 Å². The van der Waals surface area contributed by atoms with Crippen molar-refractivity contribution in [2.24, 2.45) is 0 Å². The van der Waals surface area contributed by atoms with Crippen molar-refractivity contribution in [3.63, 3.8) is 0 Å². The average Bonchev–Trinajstić information content (AvgIpc) is 3.09. The zero-order valence-electron chi connectivity index (χ0n) is 13.2. The fourth-order valence-corrected chi connectivity index (χ4v) is 3.15. The minimum Gasteiger partial charge on any atom is -0.496 e. The van der Waals surface area contributed by atoms with Gasteiger partial charge in [-0.2, -0.15) is 0 Å². The number of amides is 1. The first-order valence-electron chi connectivity index (χ1n) is 7.50. The van der Waals surface area contributed by atoms with Crippen molar-refractivity contribution in [2.75, 3.05) is 7.11 Å². The Morgan fingerprint density at radius 1 is 1.21 bits per heavy atom. The second-order valence-corrected chi connectivity index (χ2v) is 6.26. The summed E-state index contributed by atoms with van der Waals surface area (Å²) in [5, 5.41) is 3.79. The highest BCUT2D eigenvalue weighted by molar-refractivity contribution is 7.15. The Morgan fingerprint density at radius 2 is 2.08 bits per heavy atom. The highest BCUT2D eigenvalue weighted by Crippen LogP contribution is 2.32. The molecule has 1 amide bonds. The number of rotatable bonds is 6. The van der Waals surface area contributed by atoms with E-state index in [4.69, 9.17) is 4.74 Å². The van der Waals surface area contributed by atoms with E-state index in [1.807, 2.05) is 36.4 Å². The number of aromatic nitrogens is 2. The highest BCUT2D eigenvalue weighted by atomic mass is 32.1. The summed E-state index contributed by atoms with van der Waals surface area (Å²) in [5.74, 6) is 0.759. The molecule has 1 aromatic carbocycles. The maximum Gasteiger partial charge on any atom is 0.224 e. The number of hydrogen-bond acceptors (Lipinski definition) is 5. The van der Waals surface area contributed by atoms with E-state index in [0.717, 1.165) is 26.8 Å². The monoisotopic (exact) mass is 339 g/mol. The van der Waals surface area contributed by atoms with Crippen molar-refractivity contribution >= 4 is 17.2 Å². The summed E-state index contributed by atoms with van der Waals surface area (Å²) in [7, 11) is 1.64. The zero-order chi connectivity index (χ0) is 16.8. The number of carbonyl (C=O) groups excluding carboxylic acids is 1. The van der Waals surface area contributed by atoms with Gasteiger partial charge in [0.15, 0.2) is 0 Å². The average molecular weight is 339 g/mol. The van der Waals surface area contributed by atoms with Gasteiger partial charge in [0.25, 0.3) is 0 Å². The van der Waals surface area contributed by atoms with E-state index in [1.54, 1.807) is 37.0 Å². The largest absolute Gasteiger partial charge is 0.496 e. The van der Waals surface area contributed by atoms with Gasteiger partial charge in [-0.3, -0.25) is 9.78 Å². The Balaban J connectivity index is 1.61. The Hall–Kier alpha value is -2.73. The summed E-state index contributed by atoms with van der Waals surface area (Å²) in [6, 6.07) is 11.5. The van der Waals surface area contributed by atoms with E-state index in [-0.39, 0.29) is 5.91 Å². The number of hydrogen-bond donors (Lipinski definition) is 1. The molecule has 2 heterocycles. The van der Waals surface area contributed by atoms with Crippen molar-refractivity contribution < 1.29 is 9.53 Å². The third kappa shape index (κ3) is 3.97. The number of carbonyl (C=O) groups is 1. The van der Waals surface area contributed by atoms with Crippen molar-refractivity contribution in [3.05, 3.63) is 65.4 Å². The zero-order valence-corrected chi connectivity index (χ0v) is 14.0. The van der Waals surface area contributed by atoms with Crippen molar-refractivity contribution in [1.29, 1.82) is 0 Å². The molecular formula is C18H17N3O2S. The van der Waals surface area contributed by atoms with E-state index in [2.05, 4.69) is 15.3 Å². The van der Waals surface area contributed by atoms with Crippen molar-refractivity contribution in [2.45, 2.75) is 13.0 Å². The second-order valence-electron chi connectivity index (χ2n) is 5.15. The predicted octanol–water partition coefficient (Wildman–Crippen LogP) is 3.07. The van der Waals surface area contributed by atoms with Gasteiger partial charge in [-0.05, 0) is 23.8 Å². The normalized spacial score (nSPS) is 10.4. The van der Waals surface area contributed by atoms with E-state index in [1.165, 1.54) is 0 Å². The van der Waals surface area contributed by atoms with Gasteiger partial charge in [0.2, 0.25) is 5.91 Å². The van der Waals surface area contributed by atoms with Crippen LogP contribution in [0.4, 0.5) is 0 Å². The Kier molecular flexibility index (Phi) is 5.18. The van der Waals surface area contributed by atoms with E-state index in [0.29, 0.717) is 13.0 Å². The van der Waals surface area contributed by atoms with Crippen LogP contribution in [-0.4, -0.2) is 23.0 Å². The van der Waals surface area contributed by atoms with E-state index in [9.17, 15) is 4.79 Å². The fraction of sp³-hybridized carbons (Fsp3) is 0.167. The molecule has 24 heavy (non-hydrogen) atoms. The Bertz CT molecular complexity index is 818. The maximum absolute atomic E-state index is 12.0. The SMILES string of the molecule is COc1ccccc1-c1ncc(CNC(=O)Cc2cccnc2)s1. The van der Waals surface area contributed by atoms with Crippen LogP contribution in [0.25, 0.3) is 10.6 Å². The van der Waals surface area contributed by atoms with Gasteiger partial charge in [-0.15, -0.1) is 11.3 Å². The lowest BCUT2D eigenvalue weighted by Gasteiger charge is -2.05. The molecule has 5 nitrogen and oxygen atoms in total. The minimum absolute atomic E-state index is 0.0322. The molecule has 0 atom stereocenters. The summed E-state index contributed by atoms with van der Waals surface area (Å²) >= 11 is 1.55. The van der Waals surface area contributed by atoms with Crippen LogP contribution >= 0.6 is 11.3 Å². The van der Waals surface area contributed by atoms with Gasteiger partial charge in [0, 0.05) is 23.5 Å². The number of nitrogens with one attached hydrogen (secondary N) is 1. The van der Waals surface area contributed by atoms with E-state index < -0.39 is 0 Å². The minimum atomic E-state index is -0.0322. The van der Waals surface area contributed by atoms with Gasteiger partial charge in [-0.1, -0.05) is 18.2 Å². The number of thiazole rings is 1. The van der Waals surface area contributed by atoms with Crippen LogP contribution in [0.3, 0.4) is 0 Å². The van der Waals surface area contributed by atoms with E-state index >= 15 is 0 Å². The molecule has 0 aliphatic rings. The van der Waals surface area contributed by atoms with Gasteiger partial charge >= 0.3 is 0 Å². The number of nitrogens with zero attached hydrogens (tertiary/aromatic N) is 2. The van der Waals surface area contributed by atoms with Crippen LogP contribution in [0, 0.1) is 0 Å². The first kappa shape index (κ1) is 16.1. The third-order valence-corrected chi connectivity index (χ3v) is 4.47. The lowest BCUT2D eigenvalue weighted by Crippen LogP contribution is -2.24. The maximum atomic E-state index is 12.0. The Morgan fingerprint density at radius 3 is 2.88 bits per heavy atom. The first-order valence-corrected chi connectivity index (χ1v) is 8.31. The number of benzene rings is 1. The molecular weight excluding hydrogens is 322 g/mol. The number of pyridine rings is 1. The van der Waals surface area contributed by atoms with Crippen molar-refractivity contribution in [3.8, 4) is 16.3 Å². The molecule has 0 aliphatic heterocycles. The molecule has 0 aliphatic carbocycles. The molecule has 2 aromatic heterocycles. The van der Waals surface area contributed by atoms with Crippen LogP contribution in [0.2, 0.25) is 0 Å². The van der Waals surface area contributed by atoms with Crippen LogP contribution in [0.1, 0.15) is 10.4 Å². The van der Waals surface area contributed by atoms with Crippen LogP contribution in [0.5, 0.6) is 5.75 Å². The molecule has 6 heteroatoms. The number of para-hydroxylation sites is 1. The standard InChI is InChI=1S/C18H17N3O2S/c1-23-16-7-3-2-6-15(16)18-21-12-14(24-18)11-20-17(22)9-13-5-4-8-19-10-13/h2-8,10,12H,9,11H2,1H3,(H,20,22). The molecule has 0 bridgehead atoms. The van der Waals surface area contributed by atoms with Crippen LogP contribution < -0.4 is 10.1 Å². The lowest BCUT2D eigenvalue weighted by molar-refractivity contribution is -0.120. The fourth-order valence-electron chi connectivity index (χ4n) is 2.27. The molecule has 0 radical (unpaired) electrons. The summed E-state index contributed by atoms with van der Waals surface area (Å²) < 4.78 is 5.36. The molecule has 1 N–H and O–H groups in total. The van der Waals surface area contributed by atoms with Gasteiger partial charge in [0.05, 0.1) is 25.6 Å². The second kappa shape index (κ2) is 7.70. The third-order valence-electron chi connectivity index (χ3n) is 3.44. The highest BCUT2D eigenvalue weighted by Gasteiger charge is 2.10. The molecule has 3 rings (SSSR count). The van der Waals surface area contributed by atoms with Crippen molar-refractivity contribution in [1.82, 2.24) is 15.3 Å². The molecule has 0 unspecified atom stereocenters. The topological polar surface area (TPSA) is 64.1 Å². The number of ether oxygens (including phenoxy) is 1. The molecule has 0 spiro atoms. The molecule has 3 aromatic rings. The quantitative estimate of drug-likeness (QED) is 0.750. The van der Waals surface area contributed by atoms with Crippen LogP contribution in [-0.2, 0) is 17.8 Å². The summed E-state index contributed by atoms with van der Waals surface area (Å²) in [4.78, 5) is 21.4. The lowest BCUT2D eigenvalue weighted by atomic mass is 10.2. The summed E-state index contributed by atoms with van der Waals surface area (Å²) in [6.07, 6.45) is 5.51. The molecule has 0 saturated heterocycles.